The number of nitrogens with zero attached hydrogens (tertiary/aromatic N) is 2. The molecule has 1 aromatic heterocycles. The van der Waals surface area contributed by atoms with E-state index in [1.54, 1.807) is 65.5 Å². The van der Waals surface area contributed by atoms with Crippen LogP contribution >= 0.6 is 11.6 Å². The average Bonchev–Trinajstić information content (AvgIpc) is 3.36. The maximum absolute atomic E-state index is 13.1. The quantitative estimate of drug-likeness (QED) is 0.357. The fourth-order valence-corrected chi connectivity index (χ4v) is 3.61. The molecule has 0 radical (unpaired) electrons. The van der Waals surface area contributed by atoms with Gasteiger partial charge in [0.2, 0.25) is 6.10 Å². The number of carbonyl (C=O) groups excluding carboxylic acids is 2. The number of hydrogen-bond donors (Lipinski definition) is 1. The summed E-state index contributed by atoms with van der Waals surface area (Å²) in [6.45, 7) is 0.585. The zero-order chi connectivity index (χ0) is 23.9. The Hall–Kier alpha value is -4.10. The van der Waals surface area contributed by atoms with Crippen molar-refractivity contribution < 1.29 is 19.1 Å². The number of anilines is 1. The molecule has 0 bridgehead atoms. The maximum atomic E-state index is 13.1. The number of esters is 1. The lowest BCUT2D eigenvalue weighted by molar-refractivity contribution is -0.125. The molecule has 0 aliphatic rings. The van der Waals surface area contributed by atoms with Crippen molar-refractivity contribution in [2.45, 2.75) is 12.6 Å². The molecule has 0 saturated heterocycles. The third-order valence-electron chi connectivity index (χ3n) is 5.08. The van der Waals surface area contributed by atoms with Gasteiger partial charge in [-0.25, -0.2) is 4.79 Å². The first-order valence-electron chi connectivity index (χ1n) is 10.5. The second kappa shape index (κ2) is 10.7. The average molecular weight is 476 g/mol. The first-order chi connectivity index (χ1) is 16.5. The summed E-state index contributed by atoms with van der Waals surface area (Å²) >= 11 is 6.16. The van der Waals surface area contributed by atoms with Gasteiger partial charge in [-0.15, -0.1) is 0 Å². The molecule has 7 nitrogen and oxygen atoms in total. The van der Waals surface area contributed by atoms with Crippen LogP contribution in [-0.2, 0) is 16.1 Å². The Morgan fingerprint density at radius 2 is 1.79 bits per heavy atom. The smallest absolute Gasteiger partial charge is 0.339 e. The lowest BCUT2D eigenvalue weighted by Crippen LogP contribution is -2.26. The van der Waals surface area contributed by atoms with Gasteiger partial charge >= 0.3 is 5.97 Å². The van der Waals surface area contributed by atoms with Gasteiger partial charge in [0.05, 0.1) is 24.2 Å². The number of halogens is 1. The number of methoxy groups -OCH3 is 1. The number of nitrogens with one attached hydrogen (secondary N) is 1. The summed E-state index contributed by atoms with van der Waals surface area (Å²) in [5.74, 6) is -0.625. The normalized spacial score (nSPS) is 11.5. The second-order valence-electron chi connectivity index (χ2n) is 7.44. The van der Waals surface area contributed by atoms with Crippen LogP contribution < -0.4 is 10.1 Å². The van der Waals surface area contributed by atoms with Crippen LogP contribution in [0.15, 0.2) is 91.3 Å². The minimum Gasteiger partial charge on any atom is -0.495 e. The van der Waals surface area contributed by atoms with Crippen molar-refractivity contribution in [3.63, 3.8) is 0 Å². The molecule has 1 amide bonds. The molecule has 4 aromatic rings. The van der Waals surface area contributed by atoms with E-state index in [1.165, 1.54) is 7.11 Å². The van der Waals surface area contributed by atoms with Gasteiger partial charge in [-0.2, -0.15) is 5.10 Å². The number of hydrogen-bond acceptors (Lipinski definition) is 5. The Balaban J connectivity index is 1.50. The summed E-state index contributed by atoms with van der Waals surface area (Å²) in [5.41, 5.74) is 2.32. The van der Waals surface area contributed by atoms with E-state index in [-0.39, 0.29) is 0 Å². The van der Waals surface area contributed by atoms with Crippen molar-refractivity contribution >= 4 is 29.2 Å². The summed E-state index contributed by atoms with van der Waals surface area (Å²) in [5, 5.41) is 7.28. The van der Waals surface area contributed by atoms with Gasteiger partial charge in [-0.1, -0.05) is 54.1 Å². The SMILES string of the molecule is COc1ccc(NC(=O)C(OC(=O)c2ccc(Cn3cccn3)cc2)c2ccccc2)cc1Cl. The van der Waals surface area contributed by atoms with Crippen LogP contribution in [0, 0.1) is 0 Å². The van der Waals surface area contributed by atoms with E-state index >= 15 is 0 Å². The molecule has 0 aliphatic carbocycles. The molecule has 34 heavy (non-hydrogen) atoms. The van der Waals surface area contributed by atoms with Crippen LogP contribution in [0.1, 0.15) is 27.6 Å². The molecule has 1 unspecified atom stereocenters. The summed E-state index contributed by atoms with van der Waals surface area (Å²) < 4.78 is 12.6. The van der Waals surface area contributed by atoms with E-state index in [2.05, 4.69) is 10.4 Å². The van der Waals surface area contributed by atoms with Crippen molar-refractivity contribution in [2.75, 3.05) is 12.4 Å². The standard InChI is InChI=1S/C26H22ClN3O4/c1-33-23-13-12-21(16-22(23)27)29-25(31)24(19-6-3-2-4-7-19)34-26(32)20-10-8-18(9-11-20)17-30-15-5-14-28-30/h2-16,24H,17H2,1H3,(H,29,31). The van der Waals surface area contributed by atoms with Gasteiger partial charge in [0.25, 0.3) is 5.91 Å². The Kier molecular flexibility index (Phi) is 7.25. The molecular formula is C26H22ClN3O4. The first-order valence-corrected chi connectivity index (χ1v) is 10.9. The van der Waals surface area contributed by atoms with Crippen molar-refractivity contribution in [1.29, 1.82) is 0 Å². The van der Waals surface area contributed by atoms with Gasteiger partial charge in [-0.3, -0.25) is 9.48 Å². The van der Waals surface area contributed by atoms with Crippen LogP contribution in [0.4, 0.5) is 5.69 Å². The predicted octanol–water partition coefficient (Wildman–Crippen LogP) is 5.13. The Morgan fingerprint density at radius 3 is 2.44 bits per heavy atom. The highest BCUT2D eigenvalue weighted by atomic mass is 35.5. The van der Waals surface area contributed by atoms with Gasteiger partial charge < -0.3 is 14.8 Å². The van der Waals surface area contributed by atoms with E-state index < -0.39 is 18.0 Å². The van der Waals surface area contributed by atoms with Crippen LogP contribution in [0.5, 0.6) is 5.75 Å². The highest BCUT2D eigenvalue weighted by Gasteiger charge is 2.26. The minimum atomic E-state index is -1.15. The number of ether oxygens (including phenoxy) is 2. The molecule has 0 fully saturated rings. The number of carbonyl (C=O) groups is 2. The molecule has 8 heteroatoms. The molecule has 0 saturated carbocycles. The van der Waals surface area contributed by atoms with Crippen molar-refractivity contribution in [1.82, 2.24) is 9.78 Å². The lowest BCUT2D eigenvalue weighted by atomic mass is 10.1. The highest BCUT2D eigenvalue weighted by Crippen LogP contribution is 2.28. The summed E-state index contributed by atoms with van der Waals surface area (Å²) in [6, 6.07) is 22.5. The molecule has 1 heterocycles. The third-order valence-corrected chi connectivity index (χ3v) is 5.37. The maximum Gasteiger partial charge on any atom is 0.339 e. The summed E-state index contributed by atoms with van der Waals surface area (Å²) in [6.07, 6.45) is 2.42. The summed E-state index contributed by atoms with van der Waals surface area (Å²) in [4.78, 5) is 26.0. The second-order valence-corrected chi connectivity index (χ2v) is 7.84. The minimum absolute atomic E-state index is 0.338. The monoisotopic (exact) mass is 475 g/mol. The van der Waals surface area contributed by atoms with Crippen LogP contribution in [0.25, 0.3) is 0 Å². The molecule has 4 rings (SSSR count). The topological polar surface area (TPSA) is 82.5 Å². The number of amides is 1. The van der Waals surface area contributed by atoms with Crippen LogP contribution in [0.3, 0.4) is 0 Å². The Bertz CT molecular complexity index is 1260. The fourth-order valence-electron chi connectivity index (χ4n) is 3.36. The first kappa shape index (κ1) is 23.1. The van der Waals surface area contributed by atoms with Gasteiger partial charge in [0, 0.05) is 23.6 Å². The molecule has 3 aromatic carbocycles. The Labute approximate surface area is 201 Å². The molecule has 172 valence electrons. The molecule has 0 aliphatic heterocycles. The number of benzene rings is 3. The molecule has 1 atom stereocenters. The number of aromatic nitrogens is 2. The largest absolute Gasteiger partial charge is 0.495 e. The molecular weight excluding hydrogens is 454 g/mol. The van der Waals surface area contributed by atoms with E-state index in [4.69, 9.17) is 21.1 Å². The van der Waals surface area contributed by atoms with Gasteiger partial charge in [0.1, 0.15) is 5.75 Å². The predicted molar refractivity (Wildman–Crippen MR) is 129 cm³/mol. The van der Waals surface area contributed by atoms with Crippen molar-refractivity contribution in [3.05, 3.63) is 113 Å². The van der Waals surface area contributed by atoms with E-state index in [9.17, 15) is 9.59 Å². The van der Waals surface area contributed by atoms with E-state index in [0.29, 0.717) is 34.1 Å². The van der Waals surface area contributed by atoms with Gasteiger partial charge in [0.15, 0.2) is 0 Å². The van der Waals surface area contributed by atoms with Gasteiger partial charge in [-0.05, 0) is 42.0 Å². The molecule has 1 N–H and O–H groups in total. The van der Waals surface area contributed by atoms with Crippen LogP contribution in [0.2, 0.25) is 5.02 Å². The highest BCUT2D eigenvalue weighted by molar-refractivity contribution is 6.32. The Morgan fingerprint density at radius 1 is 1.03 bits per heavy atom. The fraction of sp³-hybridized carbons (Fsp3) is 0.115. The number of rotatable bonds is 8. The van der Waals surface area contributed by atoms with E-state index in [0.717, 1.165) is 5.56 Å². The van der Waals surface area contributed by atoms with Crippen molar-refractivity contribution in [2.24, 2.45) is 0 Å². The lowest BCUT2D eigenvalue weighted by Gasteiger charge is -2.18. The summed E-state index contributed by atoms with van der Waals surface area (Å²) in [7, 11) is 1.51. The zero-order valence-corrected chi connectivity index (χ0v) is 19.1. The molecule has 0 spiro atoms. The third kappa shape index (κ3) is 5.63. The zero-order valence-electron chi connectivity index (χ0n) is 18.4. The van der Waals surface area contributed by atoms with E-state index in [1.807, 2.05) is 30.5 Å². The van der Waals surface area contributed by atoms with Crippen molar-refractivity contribution in [3.8, 4) is 5.75 Å². The van der Waals surface area contributed by atoms with Crippen LogP contribution in [-0.4, -0.2) is 28.8 Å².